The Morgan fingerprint density at radius 3 is 2.39 bits per heavy atom. The van der Waals surface area contributed by atoms with Crippen molar-refractivity contribution in [3.63, 3.8) is 0 Å². The number of aryl methyl sites for hydroxylation is 2. The van der Waals surface area contributed by atoms with Crippen molar-refractivity contribution < 1.29 is 26.5 Å². The number of carbonyl (C=O) groups excluding carboxylic acids is 1. The van der Waals surface area contributed by atoms with Gasteiger partial charge in [-0.3, -0.25) is 4.79 Å². The standard InChI is InChI=1S/C18H21F2N3O4S/c1-12-15(13(2)27-21-12)4-6-18(24)22-7-9-23(10-8-22)28(25,26)14-3-5-16(19)17(20)11-14/h3,5,11H,4,6-10H2,1-2H3. The van der Waals surface area contributed by atoms with E-state index < -0.39 is 21.7 Å². The van der Waals surface area contributed by atoms with Crippen LogP contribution in [0.2, 0.25) is 0 Å². The summed E-state index contributed by atoms with van der Waals surface area (Å²) in [5.74, 6) is -1.71. The predicted molar refractivity (Wildman–Crippen MR) is 96.0 cm³/mol. The quantitative estimate of drug-likeness (QED) is 0.749. The Morgan fingerprint density at radius 2 is 1.82 bits per heavy atom. The first-order chi connectivity index (χ1) is 13.2. The van der Waals surface area contributed by atoms with Crippen LogP contribution < -0.4 is 0 Å². The molecule has 28 heavy (non-hydrogen) atoms. The number of benzene rings is 1. The highest BCUT2D eigenvalue weighted by Crippen LogP contribution is 2.21. The summed E-state index contributed by atoms with van der Waals surface area (Å²) < 4.78 is 57.9. The van der Waals surface area contributed by atoms with Gasteiger partial charge in [-0.15, -0.1) is 0 Å². The average molecular weight is 413 g/mol. The van der Waals surface area contributed by atoms with E-state index in [0.717, 1.165) is 23.4 Å². The van der Waals surface area contributed by atoms with E-state index in [1.54, 1.807) is 11.8 Å². The molecule has 152 valence electrons. The largest absolute Gasteiger partial charge is 0.361 e. The molecular formula is C18H21F2N3O4S. The molecule has 0 saturated carbocycles. The molecule has 0 spiro atoms. The molecule has 2 aromatic rings. The van der Waals surface area contributed by atoms with Gasteiger partial charge < -0.3 is 9.42 Å². The number of sulfonamides is 1. The minimum Gasteiger partial charge on any atom is -0.361 e. The predicted octanol–water partition coefficient (Wildman–Crippen LogP) is 2.04. The highest BCUT2D eigenvalue weighted by molar-refractivity contribution is 7.89. The van der Waals surface area contributed by atoms with Gasteiger partial charge in [-0.2, -0.15) is 4.31 Å². The molecule has 0 unspecified atom stereocenters. The second-order valence-electron chi connectivity index (χ2n) is 6.66. The summed E-state index contributed by atoms with van der Waals surface area (Å²) in [6.45, 7) is 4.28. The van der Waals surface area contributed by atoms with Crippen molar-refractivity contribution in [2.75, 3.05) is 26.2 Å². The molecule has 1 aliphatic heterocycles. The fraction of sp³-hybridized carbons (Fsp3) is 0.444. The van der Waals surface area contributed by atoms with Gasteiger partial charge in [-0.1, -0.05) is 5.16 Å². The van der Waals surface area contributed by atoms with Gasteiger partial charge >= 0.3 is 0 Å². The van der Waals surface area contributed by atoms with Crippen LogP contribution in [0.1, 0.15) is 23.4 Å². The maximum Gasteiger partial charge on any atom is 0.243 e. The summed E-state index contributed by atoms with van der Waals surface area (Å²) in [5.41, 5.74) is 1.67. The molecule has 0 N–H and O–H groups in total. The summed E-state index contributed by atoms with van der Waals surface area (Å²) >= 11 is 0. The van der Waals surface area contributed by atoms with E-state index in [4.69, 9.17) is 4.52 Å². The lowest BCUT2D eigenvalue weighted by Gasteiger charge is -2.34. The first kappa shape index (κ1) is 20.4. The SMILES string of the molecule is Cc1noc(C)c1CCC(=O)N1CCN(S(=O)(=O)c2ccc(F)c(F)c2)CC1. The number of amides is 1. The third-order valence-corrected chi connectivity index (χ3v) is 6.78. The molecule has 1 aromatic heterocycles. The number of carbonyl (C=O) groups is 1. The minimum atomic E-state index is -3.94. The average Bonchev–Trinajstić information content (AvgIpc) is 2.99. The van der Waals surface area contributed by atoms with E-state index >= 15 is 0 Å². The summed E-state index contributed by atoms with van der Waals surface area (Å²) in [4.78, 5) is 13.7. The topological polar surface area (TPSA) is 83.7 Å². The first-order valence-electron chi connectivity index (χ1n) is 8.85. The Balaban J connectivity index is 1.59. The normalized spacial score (nSPS) is 15.8. The van der Waals surface area contributed by atoms with Crippen LogP contribution in [0.3, 0.4) is 0 Å². The number of hydrogen-bond acceptors (Lipinski definition) is 5. The fourth-order valence-corrected chi connectivity index (χ4v) is 4.65. The van der Waals surface area contributed by atoms with Crippen molar-refractivity contribution in [2.24, 2.45) is 0 Å². The third-order valence-electron chi connectivity index (χ3n) is 4.89. The molecule has 0 bridgehead atoms. The Labute approximate surface area is 162 Å². The minimum absolute atomic E-state index is 0.0788. The second kappa shape index (κ2) is 7.96. The van der Waals surface area contributed by atoms with Crippen LogP contribution >= 0.6 is 0 Å². The van der Waals surface area contributed by atoms with Crippen molar-refractivity contribution in [3.05, 3.63) is 46.9 Å². The van der Waals surface area contributed by atoms with Crippen LogP contribution in [0.15, 0.2) is 27.6 Å². The van der Waals surface area contributed by atoms with E-state index in [9.17, 15) is 22.0 Å². The molecule has 0 atom stereocenters. The molecule has 10 heteroatoms. The number of hydrogen-bond donors (Lipinski definition) is 0. The van der Waals surface area contributed by atoms with Gasteiger partial charge in [0.2, 0.25) is 15.9 Å². The lowest BCUT2D eigenvalue weighted by Crippen LogP contribution is -2.50. The summed E-state index contributed by atoms with van der Waals surface area (Å²) in [6, 6.07) is 2.50. The van der Waals surface area contributed by atoms with Crippen LogP contribution in [0.4, 0.5) is 8.78 Å². The van der Waals surface area contributed by atoms with Gasteiger partial charge in [-0.25, -0.2) is 17.2 Å². The number of nitrogens with zero attached hydrogens (tertiary/aromatic N) is 3. The molecule has 0 aliphatic carbocycles. The van der Waals surface area contributed by atoms with Gasteiger partial charge in [0.15, 0.2) is 11.6 Å². The van der Waals surface area contributed by atoms with Crippen molar-refractivity contribution >= 4 is 15.9 Å². The van der Waals surface area contributed by atoms with Crippen LogP contribution in [0.5, 0.6) is 0 Å². The van der Waals surface area contributed by atoms with Gasteiger partial charge in [-0.05, 0) is 38.5 Å². The lowest BCUT2D eigenvalue weighted by molar-refractivity contribution is -0.132. The van der Waals surface area contributed by atoms with Crippen LogP contribution in [0, 0.1) is 25.5 Å². The molecule has 1 amide bonds. The number of piperazine rings is 1. The van der Waals surface area contributed by atoms with Gasteiger partial charge in [0.05, 0.1) is 10.6 Å². The van der Waals surface area contributed by atoms with Crippen LogP contribution in [-0.4, -0.2) is 54.9 Å². The first-order valence-corrected chi connectivity index (χ1v) is 10.3. The van der Waals surface area contributed by atoms with Gasteiger partial charge in [0.25, 0.3) is 0 Å². The Bertz CT molecular complexity index is 963. The second-order valence-corrected chi connectivity index (χ2v) is 8.60. The van der Waals surface area contributed by atoms with Crippen molar-refractivity contribution in [1.29, 1.82) is 0 Å². The van der Waals surface area contributed by atoms with E-state index in [1.165, 1.54) is 4.31 Å². The van der Waals surface area contributed by atoms with E-state index in [1.807, 2.05) is 6.92 Å². The van der Waals surface area contributed by atoms with Crippen LogP contribution in [0.25, 0.3) is 0 Å². The van der Waals surface area contributed by atoms with E-state index in [0.29, 0.717) is 18.2 Å². The Kier molecular flexibility index (Phi) is 5.80. The third kappa shape index (κ3) is 4.07. The molecule has 1 saturated heterocycles. The van der Waals surface area contributed by atoms with Crippen LogP contribution in [-0.2, 0) is 21.2 Å². The molecule has 3 rings (SSSR count). The molecule has 1 aliphatic rings. The smallest absolute Gasteiger partial charge is 0.243 e. The van der Waals surface area contributed by atoms with Crippen molar-refractivity contribution in [3.8, 4) is 0 Å². The number of rotatable bonds is 5. The summed E-state index contributed by atoms with van der Waals surface area (Å²) in [5, 5.41) is 3.86. The fourth-order valence-electron chi connectivity index (χ4n) is 3.21. The van der Waals surface area contributed by atoms with Crippen molar-refractivity contribution in [1.82, 2.24) is 14.4 Å². The molecule has 7 nitrogen and oxygen atoms in total. The zero-order chi connectivity index (χ0) is 20.5. The van der Waals surface area contributed by atoms with Crippen molar-refractivity contribution in [2.45, 2.75) is 31.6 Å². The highest BCUT2D eigenvalue weighted by Gasteiger charge is 2.30. The van der Waals surface area contributed by atoms with Gasteiger partial charge in [0, 0.05) is 38.2 Å². The zero-order valence-electron chi connectivity index (χ0n) is 15.6. The molecular weight excluding hydrogens is 392 g/mol. The lowest BCUT2D eigenvalue weighted by atomic mass is 10.1. The number of aromatic nitrogens is 1. The molecule has 1 fully saturated rings. The Morgan fingerprint density at radius 1 is 1.14 bits per heavy atom. The Hall–Kier alpha value is -2.33. The maximum absolute atomic E-state index is 13.4. The molecule has 1 aromatic carbocycles. The van der Waals surface area contributed by atoms with E-state index in [-0.39, 0.29) is 43.4 Å². The summed E-state index contributed by atoms with van der Waals surface area (Å²) in [6.07, 6.45) is 0.784. The monoisotopic (exact) mass is 413 g/mol. The molecule has 2 heterocycles. The summed E-state index contributed by atoms with van der Waals surface area (Å²) in [7, 11) is -3.94. The number of halogens is 2. The van der Waals surface area contributed by atoms with Gasteiger partial charge in [0.1, 0.15) is 5.76 Å². The zero-order valence-corrected chi connectivity index (χ0v) is 16.4. The van der Waals surface area contributed by atoms with E-state index in [2.05, 4.69) is 5.16 Å². The maximum atomic E-state index is 13.4. The highest BCUT2D eigenvalue weighted by atomic mass is 32.2. The molecule has 0 radical (unpaired) electrons.